The van der Waals surface area contributed by atoms with Gasteiger partial charge in [0.15, 0.2) is 17.3 Å². The molecular weight excluding hydrogens is 180 g/mol. The molecule has 14 heavy (non-hydrogen) atoms. The third kappa shape index (κ3) is 1.93. The Labute approximate surface area is 82.6 Å². The normalized spacial score (nSPS) is 9.57. The van der Waals surface area contributed by atoms with Crippen molar-refractivity contribution in [3.8, 4) is 11.5 Å². The third-order valence-corrected chi connectivity index (χ3v) is 1.95. The van der Waals surface area contributed by atoms with Crippen molar-refractivity contribution in [2.75, 3.05) is 7.11 Å². The summed E-state index contributed by atoms with van der Waals surface area (Å²) in [6, 6.07) is 4.68. The summed E-state index contributed by atoms with van der Waals surface area (Å²) in [5.74, 6) is 0.287. The number of phenols is 1. The number of methoxy groups -OCH3 is 1. The maximum Gasteiger partial charge on any atom is 0.161 e. The number of ether oxygens (including phenoxy) is 1. The van der Waals surface area contributed by atoms with Gasteiger partial charge in [-0.2, -0.15) is 0 Å². The number of ketones is 1. The number of hydrogen-bond acceptors (Lipinski definition) is 3. The van der Waals surface area contributed by atoms with Gasteiger partial charge < -0.3 is 9.84 Å². The van der Waals surface area contributed by atoms with E-state index in [9.17, 15) is 9.90 Å². The van der Waals surface area contributed by atoms with Gasteiger partial charge in [0, 0.05) is 5.57 Å². The van der Waals surface area contributed by atoms with E-state index in [2.05, 4.69) is 6.58 Å². The lowest BCUT2D eigenvalue weighted by molar-refractivity contribution is -0.111. The summed E-state index contributed by atoms with van der Waals surface area (Å²) < 4.78 is 4.91. The minimum absolute atomic E-state index is 0.0487. The van der Waals surface area contributed by atoms with Gasteiger partial charge in [-0.3, -0.25) is 4.79 Å². The van der Waals surface area contributed by atoms with Crippen LogP contribution in [0.3, 0.4) is 0 Å². The third-order valence-electron chi connectivity index (χ3n) is 1.95. The highest BCUT2D eigenvalue weighted by atomic mass is 16.5. The van der Waals surface area contributed by atoms with Crippen molar-refractivity contribution in [3.63, 3.8) is 0 Å². The van der Waals surface area contributed by atoms with E-state index in [1.165, 1.54) is 20.1 Å². The summed E-state index contributed by atoms with van der Waals surface area (Å²) in [5.41, 5.74) is 1.07. The molecule has 1 N–H and O–H groups in total. The molecule has 3 nitrogen and oxygen atoms in total. The van der Waals surface area contributed by atoms with Crippen LogP contribution in [-0.4, -0.2) is 18.0 Å². The van der Waals surface area contributed by atoms with E-state index in [0.717, 1.165) is 0 Å². The highest BCUT2D eigenvalue weighted by Gasteiger charge is 2.07. The van der Waals surface area contributed by atoms with Crippen molar-refractivity contribution in [2.45, 2.75) is 6.92 Å². The second-order valence-electron chi connectivity index (χ2n) is 2.92. The van der Waals surface area contributed by atoms with Crippen LogP contribution in [0.2, 0.25) is 0 Å². The van der Waals surface area contributed by atoms with Crippen LogP contribution in [0.4, 0.5) is 0 Å². The maximum absolute atomic E-state index is 11.0. The molecule has 1 aromatic carbocycles. The second-order valence-corrected chi connectivity index (χ2v) is 2.92. The van der Waals surface area contributed by atoms with Crippen LogP contribution in [0, 0.1) is 0 Å². The Balaban J connectivity index is 3.12. The van der Waals surface area contributed by atoms with Crippen LogP contribution < -0.4 is 4.74 Å². The van der Waals surface area contributed by atoms with Crippen LogP contribution in [0.25, 0.3) is 5.57 Å². The Bertz CT molecular complexity index is 380. The average Bonchev–Trinajstić information content (AvgIpc) is 2.17. The van der Waals surface area contributed by atoms with Gasteiger partial charge in [-0.15, -0.1) is 0 Å². The molecule has 74 valence electrons. The van der Waals surface area contributed by atoms with Crippen molar-refractivity contribution < 1.29 is 14.6 Å². The molecule has 0 unspecified atom stereocenters. The van der Waals surface area contributed by atoms with E-state index >= 15 is 0 Å². The van der Waals surface area contributed by atoms with Crippen molar-refractivity contribution in [2.24, 2.45) is 0 Å². The van der Waals surface area contributed by atoms with Crippen molar-refractivity contribution in [1.82, 2.24) is 0 Å². The van der Waals surface area contributed by atoms with Gasteiger partial charge in [0.2, 0.25) is 0 Å². The Morgan fingerprint density at radius 2 is 2.14 bits per heavy atom. The highest BCUT2D eigenvalue weighted by Crippen LogP contribution is 2.28. The summed E-state index contributed by atoms with van der Waals surface area (Å²) in [4.78, 5) is 11.0. The first-order valence-corrected chi connectivity index (χ1v) is 4.13. The van der Waals surface area contributed by atoms with E-state index in [-0.39, 0.29) is 11.5 Å². The fourth-order valence-electron chi connectivity index (χ4n) is 1.07. The van der Waals surface area contributed by atoms with Crippen LogP contribution in [0.5, 0.6) is 11.5 Å². The lowest BCUT2D eigenvalue weighted by Crippen LogP contribution is -1.94. The van der Waals surface area contributed by atoms with Gasteiger partial charge in [0.05, 0.1) is 7.11 Å². The van der Waals surface area contributed by atoms with E-state index in [1.807, 2.05) is 0 Å². The molecule has 0 atom stereocenters. The van der Waals surface area contributed by atoms with Gasteiger partial charge in [0.1, 0.15) is 0 Å². The molecule has 0 aliphatic heterocycles. The van der Waals surface area contributed by atoms with Gasteiger partial charge in [-0.1, -0.05) is 12.6 Å². The number of carbonyl (C=O) groups excluding carboxylic acids is 1. The summed E-state index contributed by atoms with van der Waals surface area (Å²) in [6.45, 7) is 5.09. The standard InChI is InChI=1S/C11H12O3/c1-7(8(2)12)9-4-5-10(13)11(6-9)14-3/h4-6,13H,1H2,2-3H3. The quantitative estimate of drug-likeness (QED) is 0.745. The molecule has 3 heteroatoms. The van der Waals surface area contributed by atoms with Crippen LogP contribution >= 0.6 is 0 Å². The Hall–Kier alpha value is -1.77. The zero-order chi connectivity index (χ0) is 10.7. The first-order valence-electron chi connectivity index (χ1n) is 4.13. The summed E-state index contributed by atoms with van der Waals surface area (Å²) in [6.07, 6.45) is 0. The zero-order valence-electron chi connectivity index (χ0n) is 8.20. The minimum atomic E-state index is -0.0993. The number of hydrogen-bond donors (Lipinski definition) is 1. The minimum Gasteiger partial charge on any atom is -0.504 e. The highest BCUT2D eigenvalue weighted by molar-refractivity contribution is 6.18. The smallest absolute Gasteiger partial charge is 0.161 e. The lowest BCUT2D eigenvalue weighted by atomic mass is 10.0. The SMILES string of the molecule is C=C(C(C)=O)c1ccc(O)c(OC)c1. The van der Waals surface area contributed by atoms with E-state index in [1.54, 1.807) is 12.1 Å². The van der Waals surface area contributed by atoms with Gasteiger partial charge in [0.25, 0.3) is 0 Å². The molecule has 0 saturated heterocycles. The molecule has 0 aliphatic carbocycles. The number of rotatable bonds is 3. The zero-order valence-corrected chi connectivity index (χ0v) is 8.20. The van der Waals surface area contributed by atoms with Gasteiger partial charge in [-0.25, -0.2) is 0 Å². The molecule has 0 heterocycles. The van der Waals surface area contributed by atoms with Crippen molar-refractivity contribution in [1.29, 1.82) is 0 Å². The Kier molecular flexibility index (Phi) is 2.92. The first-order chi connectivity index (χ1) is 6.56. The number of phenolic OH excluding ortho intramolecular Hbond substituents is 1. The van der Waals surface area contributed by atoms with E-state index in [0.29, 0.717) is 16.9 Å². The number of carbonyl (C=O) groups is 1. The predicted octanol–water partition coefficient (Wildman–Crippen LogP) is 2.00. The molecule has 0 radical (unpaired) electrons. The molecule has 0 saturated carbocycles. The topological polar surface area (TPSA) is 46.5 Å². The fourth-order valence-corrected chi connectivity index (χ4v) is 1.07. The number of allylic oxidation sites excluding steroid dienone is 1. The van der Waals surface area contributed by atoms with Crippen LogP contribution in [0.15, 0.2) is 24.8 Å². The average molecular weight is 192 g/mol. The molecule has 0 amide bonds. The largest absolute Gasteiger partial charge is 0.504 e. The second kappa shape index (κ2) is 3.96. The number of Topliss-reactive ketones (excluding diaryl/α,β-unsaturated/α-hetero) is 1. The summed E-state index contributed by atoms with van der Waals surface area (Å²) in [7, 11) is 1.45. The molecule has 0 aliphatic rings. The van der Waals surface area contributed by atoms with Crippen molar-refractivity contribution in [3.05, 3.63) is 30.3 Å². The van der Waals surface area contributed by atoms with Crippen molar-refractivity contribution >= 4 is 11.4 Å². The number of aromatic hydroxyl groups is 1. The summed E-state index contributed by atoms with van der Waals surface area (Å²) >= 11 is 0. The first kappa shape index (κ1) is 10.3. The van der Waals surface area contributed by atoms with E-state index < -0.39 is 0 Å². The van der Waals surface area contributed by atoms with Gasteiger partial charge in [-0.05, 0) is 24.6 Å². The lowest BCUT2D eigenvalue weighted by Gasteiger charge is -2.06. The molecule has 0 spiro atoms. The fraction of sp³-hybridized carbons (Fsp3) is 0.182. The molecule has 1 aromatic rings. The molecular formula is C11H12O3. The van der Waals surface area contributed by atoms with Crippen LogP contribution in [-0.2, 0) is 4.79 Å². The molecule has 0 bridgehead atoms. The molecule has 0 fully saturated rings. The van der Waals surface area contributed by atoms with E-state index in [4.69, 9.17) is 4.74 Å². The Morgan fingerprint density at radius 1 is 1.50 bits per heavy atom. The molecule has 1 rings (SSSR count). The van der Waals surface area contributed by atoms with Crippen LogP contribution in [0.1, 0.15) is 12.5 Å². The molecule has 0 aromatic heterocycles. The Morgan fingerprint density at radius 3 is 2.64 bits per heavy atom. The van der Waals surface area contributed by atoms with Gasteiger partial charge >= 0.3 is 0 Å². The summed E-state index contributed by atoms with van der Waals surface area (Å²) in [5, 5.41) is 9.32. The predicted molar refractivity (Wildman–Crippen MR) is 54.4 cm³/mol. The maximum atomic E-state index is 11.0. The monoisotopic (exact) mass is 192 g/mol. The number of benzene rings is 1.